The van der Waals surface area contributed by atoms with Crippen molar-refractivity contribution >= 4 is 17.6 Å². The zero-order chi connectivity index (χ0) is 16.2. The largest absolute Gasteiger partial charge is 0.458 e. The fourth-order valence-corrected chi connectivity index (χ4v) is 3.79. The van der Waals surface area contributed by atoms with Crippen LogP contribution < -0.4 is 11.1 Å². The first-order chi connectivity index (χ1) is 11.1. The Morgan fingerprint density at radius 2 is 1.96 bits per heavy atom. The summed E-state index contributed by atoms with van der Waals surface area (Å²) < 4.78 is 5.85. The highest BCUT2D eigenvalue weighted by molar-refractivity contribution is 5.94. The second-order valence-corrected chi connectivity index (χ2v) is 6.64. The lowest BCUT2D eigenvalue weighted by molar-refractivity contribution is 0.00331. The summed E-state index contributed by atoms with van der Waals surface area (Å²) >= 11 is 0. The van der Waals surface area contributed by atoms with Gasteiger partial charge in [-0.25, -0.2) is 4.79 Å². The van der Waals surface area contributed by atoms with Gasteiger partial charge in [0.05, 0.1) is 5.56 Å². The summed E-state index contributed by atoms with van der Waals surface area (Å²) in [4.78, 5) is 12.5. The number of fused-ring (bicyclic) bond motifs is 2. The van der Waals surface area contributed by atoms with Crippen LogP contribution >= 0.6 is 0 Å². The molecule has 1 aliphatic heterocycles. The Balaban J connectivity index is 1.84. The number of carbonyl (C=O) groups is 1. The molecular formula is C18H25N3O2. The second kappa shape index (κ2) is 7.02. The van der Waals surface area contributed by atoms with Crippen LogP contribution in [0.4, 0.5) is 5.69 Å². The molecule has 0 saturated heterocycles. The molecule has 5 heteroatoms. The molecule has 0 bridgehead atoms. The van der Waals surface area contributed by atoms with Gasteiger partial charge in [-0.2, -0.15) is 0 Å². The molecule has 0 spiro atoms. The maximum atomic E-state index is 12.5. The Kier molecular flexibility index (Phi) is 4.84. The number of carbonyl (C=O) groups excluding carboxylic acids is 1. The van der Waals surface area contributed by atoms with Crippen LogP contribution in [-0.4, -0.2) is 18.0 Å². The predicted octanol–water partition coefficient (Wildman–Crippen LogP) is 3.43. The molecule has 1 aromatic rings. The van der Waals surface area contributed by atoms with Crippen molar-refractivity contribution in [2.45, 2.75) is 57.5 Å². The van der Waals surface area contributed by atoms with E-state index < -0.39 is 0 Å². The highest BCUT2D eigenvalue weighted by atomic mass is 16.5. The minimum absolute atomic E-state index is 0.0750. The van der Waals surface area contributed by atoms with Gasteiger partial charge in [0, 0.05) is 5.69 Å². The number of nitrogens with one attached hydrogen (secondary N) is 2. The third-order valence-corrected chi connectivity index (χ3v) is 4.99. The molecule has 4 N–H and O–H groups in total. The molecule has 1 aromatic carbocycles. The first-order valence-electron chi connectivity index (χ1n) is 8.58. The van der Waals surface area contributed by atoms with Crippen molar-refractivity contribution in [2.24, 2.45) is 11.7 Å². The number of hydrogen-bond donors (Lipinski definition) is 3. The lowest BCUT2D eigenvalue weighted by Gasteiger charge is -2.31. The van der Waals surface area contributed by atoms with E-state index in [1.807, 2.05) is 6.07 Å². The highest BCUT2D eigenvalue weighted by Crippen LogP contribution is 2.32. The molecule has 124 valence electrons. The zero-order valence-electron chi connectivity index (χ0n) is 13.4. The number of anilines is 1. The van der Waals surface area contributed by atoms with Crippen LogP contribution in [0.25, 0.3) is 0 Å². The quantitative estimate of drug-likeness (QED) is 0.421. The van der Waals surface area contributed by atoms with Gasteiger partial charge in [0.2, 0.25) is 0 Å². The Labute approximate surface area is 137 Å². The topological polar surface area (TPSA) is 88.2 Å². The SMILES string of the molecule is N=C(N)Nc1ccc2c(c1)CCC1CCCCCCC1OC2=O. The van der Waals surface area contributed by atoms with Crippen molar-refractivity contribution in [1.29, 1.82) is 5.41 Å². The molecule has 1 saturated carbocycles. The number of nitrogens with two attached hydrogens (primary N) is 1. The molecule has 2 atom stereocenters. The van der Waals surface area contributed by atoms with Crippen LogP contribution in [0.15, 0.2) is 18.2 Å². The molecule has 1 heterocycles. The number of rotatable bonds is 1. The van der Waals surface area contributed by atoms with Crippen molar-refractivity contribution in [2.75, 3.05) is 5.32 Å². The summed E-state index contributed by atoms with van der Waals surface area (Å²) in [5.41, 5.74) is 7.77. The summed E-state index contributed by atoms with van der Waals surface area (Å²) in [5.74, 6) is 0.167. The number of hydrogen-bond acceptors (Lipinski definition) is 3. The minimum atomic E-state index is -0.204. The van der Waals surface area contributed by atoms with Gasteiger partial charge in [0.1, 0.15) is 6.10 Å². The lowest BCUT2D eigenvalue weighted by Crippen LogP contribution is -2.31. The van der Waals surface area contributed by atoms with Gasteiger partial charge in [0.15, 0.2) is 5.96 Å². The van der Waals surface area contributed by atoms with E-state index in [0.717, 1.165) is 43.4 Å². The van der Waals surface area contributed by atoms with E-state index >= 15 is 0 Å². The first kappa shape index (κ1) is 15.8. The van der Waals surface area contributed by atoms with Gasteiger partial charge in [-0.1, -0.05) is 19.3 Å². The average molecular weight is 315 g/mol. The zero-order valence-corrected chi connectivity index (χ0v) is 13.4. The molecule has 0 amide bonds. The maximum Gasteiger partial charge on any atom is 0.338 e. The van der Waals surface area contributed by atoms with Gasteiger partial charge < -0.3 is 15.8 Å². The standard InChI is InChI=1S/C18H25N3O2/c19-18(20)21-14-9-10-15-13(11-14)8-7-12-5-3-1-2-4-6-16(12)23-17(15)22/h9-12,16H,1-8H2,(H4,19,20,21). The van der Waals surface area contributed by atoms with Crippen molar-refractivity contribution in [3.8, 4) is 0 Å². The van der Waals surface area contributed by atoms with Crippen molar-refractivity contribution < 1.29 is 9.53 Å². The van der Waals surface area contributed by atoms with E-state index in [2.05, 4.69) is 5.32 Å². The summed E-state index contributed by atoms with van der Waals surface area (Å²) in [6, 6.07) is 5.48. The van der Waals surface area contributed by atoms with E-state index in [9.17, 15) is 4.79 Å². The summed E-state index contributed by atoms with van der Waals surface area (Å²) in [6.07, 6.45) is 9.07. The summed E-state index contributed by atoms with van der Waals surface area (Å²) in [7, 11) is 0. The Hall–Kier alpha value is -2.04. The number of esters is 1. The number of ether oxygens (including phenoxy) is 1. The summed E-state index contributed by atoms with van der Waals surface area (Å²) in [6.45, 7) is 0. The smallest absolute Gasteiger partial charge is 0.338 e. The Bertz CT molecular complexity index is 600. The molecule has 3 rings (SSSR count). The van der Waals surface area contributed by atoms with Gasteiger partial charge in [-0.15, -0.1) is 0 Å². The van der Waals surface area contributed by atoms with Gasteiger partial charge in [-0.05, 0) is 61.8 Å². The molecule has 2 aliphatic rings. The molecule has 5 nitrogen and oxygen atoms in total. The predicted molar refractivity (Wildman–Crippen MR) is 90.7 cm³/mol. The molecule has 0 aromatic heterocycles. The third kappa shape index (κ3) is 3.84. The fraction of sp³-hybridized carbons (Fsp3) is 0.556. The second-order valence-electron chi connectivity index (χ2n) is 6.64. The Morgan fingerprint density at radius 1 is 1.17 bits per heavy atom. The van der Waals surface area contributed by atoms with Crippen LogP contribution in [-0.2, 0) is 11.2 Å². The number of aryl methyl sites for hydroxylation is 1. The molecular weight excluding hydrogens is 290 g/mol. The van der Waals surface area contributed by atoms with Crippen molar-refractivity contribution in [1.82, 2.24) is 0 Å². The summed E-state index contributed by atoms with van der Waals surface area (Å²) in [5, 5.41) is 10.1. The molecule has 0 radical (unpaired) electrons. The Morgan fingerprint density at radius 3 is 2.74 bits per heavy atom. The molecule has 2 unspecified atom stereocenters. The van der Waals surface area contributed by atoms with E-state index in [1.165, 1.54) is 19.3 Å². The average Bonchev–Trinajstić information content (AvgIpc) is 2.48. The molecule has 1 aliphatic carbocycles. The van der Waals surface area contributed by atoms with E-state index in [4.69, 9.17) is 15.9 Å². The lowest BCUT2D eigenvalue weighted by atomic mass is 9.83. The molecule has 1 fully saturated rings. The first-order valence-corrected chi connectivity index (χ1v) is 8.58. The normalized spacial score (nSPS) is 24.8. The van der Waals surface area contributed by atoms with Crippen LogP contribution in [0.1, 0.15) is 60.9 Å². The fourth-order valence-electron chi connectivity index (χ4n) is 3.79. The third-order valence-electron chi connectivity index (χ3n) is 4.99. The van der Waals surface area contributed by atoms with E-state index in [-0.39, 0.29) is 18.0 Å². The minimum Gasteiger partial charge on any atom is -0.458 e. The van der Waals surface area contributed by atoms with Gasteiger partial charge >= 0.3 is 5.97 Å². The van der Waals surface area contributed by atoms with Gasteiger partial charge in [0.25, 0.3) is 0 Å². The van der Waals surface area contributed by atoms with E-state index in [1.54, 1.807) is 12.1 Å². The van der Waals surface area contributed by atoms with Crippen molar-refractivity contribution in [3.05, 3.63) is 29.3 Å². The molecule has 23 heavy (non-hydrogen) atoms. The van der Waals surface area contributed by atoms with Crippen LogP contribution in [0.5, 0.6) is 0 Å². The van der Waals surface area contributed by atoms with Crippen molar-refractivity contribution in [3.63, 3.8) is 0 Å². The number of guanidine groups is 1. The number of benzene rings is 1. The highest BCUT2D eigenvalue weighted by Gasteiger charge is 2.29. The van der Waals surface area contributed by atoms with Crippen LogP contribution in [0.2, 0.25) is 0 Å². The monoisotopic (exact) mass is 315 g/mol. The van der Waals surface area contributed by atoms with Gasteiger partial charge in [-0.3, -0.25) is 5.41 Å². The van der Waals surface area contributed by atoms with E-state index in [0.29, 0.717) is 11.5 Å². The maximum absolute atomic E-state index is 12.5. The van der Waals surface area contributed by atoms with Crippen LogP contribution in [0, 0.1) is 11.3 Å². The van der Waals surface area contributed by atoms with Crippen LogP contribution in [0.3, 0.4) is 0 Å².